The molecule has 30 heavy (non-hydrogen) atoms. The fourth-order valence-electron chi connectivity index (χ4n) is 3.86. The molecular weight excluding hydrogens is 383 g/mol. The first-order valence-corrected chi connectivity index (χ1v) is 10.4. The smallest absolute Gasteiger partial charge is 0.228 e. The SMILES string of the molecule is Cc1nc([C@@H]2CCCN(C(=O)C(C)C)C2)nc(C)c1CC(=O)Nc1ccc(F)cc1. The van der Waals surface area contributed by atoms with E-state index in [1.54, 1.807) is 0 Å². The molecule has 1 saturated heterocycles. The molecule has 7 heteroatoms. The highest BCUT2D eigenvalue weighted by molar-refractivity contribution is 5.92. The van der Waals surface area contributed by atoms with Crippen LogP contribution in [0.15, 0.2) is 24.3 Å². The number of amides is 2. The lowest BCUT2D eigenvalue weighted by molar-refractivity contribution is -0.135. The predicted molar refractivity (Wildman–Crippen MR) is 114 cm³/mol. The van der Waals surface area contributed by atoms with Crippen molar-refractivity contribution in [3.8, 4) is 0 Å². The van der Waals surface area contributed by atoms with E-state index in [4.69, 9.17) is 0 Å². The van der Waals surface area contributed by atoms with Crippen LogP contribution in [0.4, 0.5) is 10.1 Å². The number of likely N-dealkylation sites (tertiary alicyclic amines) is 1. The molecule has 1 aromatic heterocycles. The number of aryl methyl sites for hydroxylation is 2. The number of carbonyl (C=O) groups is 2. The van der Waals surface area contributed by atoms with E-state index in [-0.39, 0.29) is 35.9 Å². The zero-order chi connectivity index (χ0) is 21.8. The Balaban J connectivity index is 1.71. The molecule has 1 N–H and O–H groups in total. The summed E-state index contributed by atoms with van der Waals surface area (Å²) in [7, 11) is 0. The molecule has 2 heterocycles. The van der Waals surface area contributed by atoms with Crippen molar-refractivity contribution in [3.05, 3.63) is 52.9 Å². The van der Waals surface area contributed by atoms with Gasteiger partial charge >= 0.3 is 0 Å². The summed E-state index contributed by atoms with van der Waals surface area (Å²) in [4.78, 5) is 36.1. The van der Waals surface area contributed by atoms with Gasteiger partial charge in [0.2, 0.25) is 11.8 Å². The number of rotatable bonds is 5. The van der Waals surface area contributed by atoms with E-state index in [1.807, 2.05) is 32.6 Å². The van der Waals surface area contributed by atoms with Crippen molar-refractivity contribution in [1.29, 1.82) is 0 Å². The first kappa shape index (κ1) is 21.9. The van der Waals surface area contributed by atoms with Gasteiger partial charge in [-0.25, -0.2) is 14.4 Å². The van der Waals surface area contributed by atoms with Crippen molar-refractivity contribution in [2.45, 2.75) is 52.9 Å². The van der Waals surface area contributed by atoms with Gasteiger partial charge in [-0.2, -0.15) is 0 Å². The molecule has 2 amide bonds. The molecule has 1 aromatic carbocycles. The molecule has 2 aromatic rings. The Bertz CT molecular complexity index is 904. The lowest BCUT2D eigenvalue weighted by Gasteiger charge is -2.33. The van der Waals surface area contributed by atoms with E-state index >= 15 is 0 Å². The summed E-state index contributed by atoms with van der Waals surface area (Å²) in [6.45, 7) is 9.04. The largest absolute Gasteiger partial charge is 0.342 e. The first-order chi connectivity index (χ1) is 14.2. The summed E-state index contributed by atoms with van der Waals surface area (Å²) >= 11 is 0. The Kier molecular flexibility index (Phi) is 6.80. The summed E-state index contributed by atoms with van der Waals surface area (Å²) in [5.41, 5.74) is 2.90. The normalized spacial score (nSPS) is 16.6. The van der Waals surface area contributed by atoms with E-state index < -0.39 is 0 Å². The number of benzene rings is 1. The van der Waals surface area contributed by atoms with Crippen LogP contribution in [0.25, 0.3) is 0 Å². The summed E-state index contributed by atoms with van der Waals surface area (Å²) in [6.07, 6.45) is 2.04. The number of aromatic nitrogens is 2. The minimum absolute atomic E-state index is 0.0184. The Hall–Kier alpha value is -2.83. The number of hydrogen-bond donors (Lipinski definition) is 1. The number of carbonyl (C=O) groups excluding carboxylic acids is 2. The van der Waals surface area contributed by atoms with Crippen molar-refractivity contribution in [2.24, 2.45) is 5.92 Å². The second-order valence-electron chi connectivity index (χ2n) is 8.24. The minimum atomic E-state index is -0.347. The summed E-state index contributed by atoms with van der Waals surface area (Å²) in [5.74, 6) is 0.461. The fourth-order valence-corrected chi connectivity index (χ4v) is 3.86. The molecule has 0 radical (unpaired) electrons. The highest BCUT2D eigenvalue weighted by Crippen LogP contribution is 2.27. The molecule has 0 saturated carbocycles. The van der Waals surface area contributed by atoms with E-state index in [0.717, 1.165) is 42.2 Å². The van der Waals surface area contributed by atoms with Crippen LogP contribution >= 0.6 is 0 Å². The maximum Gasteiger partial charge on any atom is 0.228 e. The molecule has 0 unspecified atom stereocenters. The third kappa shape index (κ3) is 5.20. The predicted octanol–water partition coefficient (Wildman–Crippen LogP) is 3.78. The van der Waals surface area contributed by atoms with Crippen LogP contribution in [-0.4, -0.2) is 39.8 Å². The van der Waals surface area contributed by atoms with E-state index in [0.29, 0.717) is 12.2 Å². The molecule has 160 valence electrons. The van der Waals surface area contributed by atoms with E-state index in [2.05, 4.69) is 15.3 Å². The van der Waals surface area contributed by atoms with Gasteiger partial charge in [-0.1, -0.05) is 13.8 Å². The lowest BCUT2D eigenvalue weighted by Crippen LogP contribution is -2.41. The van der Waals surface area contributed by atoms with Gasteiger partial charge in [-0.05, 0) is 51.0 Å². The Morgan fingerprint density at radius 1 is 1.17 bits per heavy atom. The number of anilines is 1. The van der Waals surface area contributed by atoms with Gasteiger partial charge in [0.25, 0.3) is 0 Å². The number of nitrogens with zero attached hydrogens (tertiary/aromatic N) is 3. The molecule has 1 aliphatic heterocycles. The van der Waals surface area contributed by atoms with Crippen LogP contribution in [0.1, 0.15) is 55.4 Å². The van der Waals surface area contributed by atoms with Gasteiger partial charge in [0, 0.05) is 47.6 Å². The Morgan fingerprint density at radius 2 is 1.80 bits per heavy atom. The average molecular weight is 413 g/mol. The molecule has 0 spiro atoms. The maximum atomic E-state index is 13.0. The molecule has 1 fully saturated rings. The Labute approximate surface area is 176 Å². The van der Waals surface area contributed by atoms with Crippen molar-refractivity contribution in [2.75, 3.05) is 18.4 Å². The van der Waals surface area contributed by atoms with Crippen LogP contribution in [0.2, 0.25) is 0 Å². The van der Waals surface area contributed by atoms with Crippen molar-refractivity contribution in [3.63, 3.8) is 0 Å². The van der Waals surface area contributed by atoms with E-state index in [9.17, 15) is 14.0 Å². The van der Waals surface area contributed by atoms with Crippen molar-refractivity contribution < 1.29 is 14.0 Å². The molecule has 1 atom stereocenters. The molecule has 0 aliphatic carbocycles. The highest BCUT2D eigenvalue weighted by Gasteiger charge is 2.28. The maximum absolute atomic E-state index is 13.0. The number of hydrogen-bond acceptors (Lipinski definition) is 4. The third-order valence-corrected chi connectivity index (χ3v) is 5.50. The van der Waals surface area contributed by atoms with Gasteiger partial charge in [-0.3, -0.25) is 9.59 Å². The van der Waals surface area contributed by atoms with Crippen molar-refractivity contribution >= 4 is 17.5 Å². The Morgan fingerprint density at radius 3 is 2.40 bits per heavy atom. The van der Waals surface area contributed by atoms with Crippen LogP contribution < -0.4 is 5.32 Å². The van der Waals surface area contributed by atoms with Gasteiger partial charge in [0.15, 0.2) is 0 Å². The second-order valence-corrected chi connectivity index (χ2v) is 8.24. The van der Waals surface area contributed by atoms with Crippen LogP contribution in [-0.2, 0) is 16.0 Å². The average Bonchev–Trinajstić information content (AvgIpc) is 2.71. The van der Waals surface area contributed by atoms with Crippen LogP contribution in [0, 0.1) is 25.6 Å². The van der Waals surface area contributed by atoms with E-state index in [1.165, 1.54) is 24.3 Å². The van der Waals surface area contributed by atoms with Gasteiger partial charge in [0.05, 0.1) is 6.42 Å². The number of halogens is 1. The van der Waals surface area contributed by atoms with Gasteiger partial charge < -0.3 is 10.2 Å². The monoisotopic (exact) mass is 412 g/mol. The second kappa shape index (κ2) is 9.32. The molecule has 3 rings (SSSR count). The van der Waals surface area contributed by atoms with Gasteiger partial charge in [-0.15, -0.1) is 0 Å². The molecule has 6 nitrogen and oxygen atoms in total. The minimum Gasteiger partial charge on any atom is -0.342 e. The van der Waals surface area contributed by atoms with Crippen LogP contribution in [0.3, 0.4) is 0 Å². The first-order valence-electron chi connectivity index (χ1n) is 10.4. The number of piperidine rings is 1. The fraction of sp³-hybridized carbons (Fsp3) is 0.478. The summed E-state index contributed by atoms with van der Waals surface area (Å²) < 4.78 is 13.0. The summed E-state index contributed by atoms with van der Waals surface area (Å²) in [6, 6.07) is 5.67. The zero-order valence-electron chi connectivity index (χ0n) is 18.0. The quantitative estimate of drug-likeness (QED) is 0.811. The molecular formula is C23H29FN4O2. The standard InChI is InChI=1S/C23H29FN4O2/c1-14(2)23(30)28-11-5-6-17(13-28)22-25-15(3)20(16(4)26-22)12-21(29)27-19-9-7-18(24)8-10-19/h7-10,14,17H,5-6,11-13H2,1-4H3,(H,27,29)/t17-/m1/s1. The van der Waals surface area contributed by atoms with Crippen molar-refractivity contribution in [1.82, 2.24) is 14.9 Å². The third-order valence-electron chi connectivity index (χ3n) is 5.50. The number of nitrogens with one attached hydrogen (secondary N) is 1. The molecule has 1 aliphatic rings. The molecule has 0 bridgehead atoms. The summed E-state index contributed by atoms with van der Waals surface area (Å²) in [5, 5.41) is 2.77. The lowest BCUT2D eigenvalue weighted by atomic mass is 9.95. The topological polar surface area (TPSA) is 75.2 Å². The van der Waals surface area contributed by atoms with Gasteiger partial charge in [0.1, 0.15) is 11.6 Å². The highest BCUT2D eigenvalue weighted by atomic mass is 19.1. The van der Waals surface area contributed by atoms with Crippen LogP contribution in [0.5, 0.6) is 0 Å². The zero-order valence-corrected chi connectivity index (χ0v) is 18.0.